The summed E-state index contributed by atoms with van der Waals surface area (Å²) >= 11 is 0. The maximum absolute atomic E-state index is 12.8. The van der Waals surface area contributed by atoms with Crippen molar-refractivity contribution in [3.63, 3.8) is 0 Å². The largest absolute Gasteiger partial charge is 0.370 e. The Kier molecular flexibility index (Phi) is 4.08. The Bertz CT molecular complexity index is 440. The molecule has 1 aromatic carbocycles. The fourth-order valence-electron chi connectivity index (χ4n) is 1.09. The molecule has 0 saturated heterocycles. The van der Waals surface area contributed by atoms with Gasteiger partial charge in [0.1, 0.15) is 0 Å². The smallest absolute Gasteiger partial charge is 0.251 e. The number of amides is 2. The highest BCUT2D eigenvalue weighted by atomic mass is 19.2. The monoisotopic (exact) mass is 246 g/mol. The van der Waals surface area contributed by atoms with Gasteiger partial charge in [-0.15, -0.1) is 0 Å². The summed E-state index contributed by atoms with van der Waals surface area (Å²) in [5.41, 5.74) is 4.46. The van der Waals surface area contributed by atoms with Crippen LogP contribution in [-0.2, 0) is 4.79 Å². The van der Waals surface area contributed by atoms with Crippen LogP contribution in [0.15, 0.2) is 12.1 Å². The summed E-state index contributed by atoms with van der Waals surface area (Å²) < 4.78 is 38.2. The second-order valence-corrected chi connectivity index (χ2v) is 3.23. The number of carbonyl (C=O) groups excluding carboxylic acids is 2. The maximum atomic E-state index is 12.8. The molecule has 1 aromatic rings. The van der Waals surface area contributed by atoms with Gasteiger partial charge >= 0.3 is 0 Å². The van der Waals surface area contributed by atoms with Crippen molar-refractivity contribution >= 4 is 11.8 Å². The zero-order valence-electron chi connectivity index (χ0n) is 8.60. The van der Waals surface area contributed by atoms with E-state index in [9.17, 15) is 22.8 Å². The average Bonchev–Trinajstić information content (AvgIpc) is 2.24. The molecule has 0 saturated carbocycles. The molecule has 0 aliphatic carbocycles. The van der Waals surface area contributed by atoms with Crippen LogP contribution in [-0.4, -0.2) is 18.4 Å². The first-order chi connectivity index (χ1) is 7.91. The Morgan fingerprint density at radius 1 is 1.18 bits per heavy atom. The van der Waals surface area contributed by atoms with E-state index in [1.165, 1.54) is 0 Å². The minimum absolute atomic E-state index is 0.0607. The van der Waals surface area contributed by atoms with E-state index in [2.05, 4.69) is 5.32 Å². The van der Waals surface area contributed by atoms with Crippen molar-refractivity contribution in [3.05, 3.63) is 35.1 Å². The molecule has 0 aliphatic heterocycles. The third-order valence-electron chi connectivity index (χ3n) is 1.90. The van der Waals surface area contributed by atoms with Crippen molar-refractivity contribution in [2.75, 3.05) is 6.54 Å². The highest BCUT2D eigenvalue weighted by molar-refractivity contribution is 5.94. The summed E-state index contributed by atoms with van der Waals surface area (Å²) in [6.07, 6.45) is -0.0993. The van der Waals surface area contributed by atoms with Crippen LogP contribution in [0.5, 0.6) is 0 Å². The van der Waals surface area contributed by atoms with Gasteiger partial charge in [0.2, 0.25) is 5.91 Å². The summed E-state index contributed by atoms with van der Waals surface area (Å²) in [4.78, 5) is 21.7. The van der Waals surface area contributed by atoms with Crippen molar-refractivity contribution < 1.29 is 22.8 Å². The summed E-state index contributed by atoms with van der Waals surface area (Å²) in [7, 11) is 0. The minimum Gasteiger partial charge on any atom is -0.370 e. The van der Waals surface area contributed by atoms with Gasteiger partial charge in [0.05, 0.1) is 0 Å². The fourth-order valence-corrected chi connectivity index (χ4v) is 1.09. The van der Waals surface area contributed by atoms with Crippen molar-refractivity contribution in [2.24, 2.45) is 5.73 Å². The van der Waals surface area contributed by atoms with Crippen LogP contribution in [0.1, 0.15) is 16.8 Å². The first-order valence-corrected chi connectivity index (χ1v) is 4.63. The van der Waals surface area contributed by atoms with Crippen LogP contribution in [0.25, 0.3) is 0 Å². The molecule has 0 aliphatic rings. The molecule has 4 nitrogen and oxygen atoms in total. The summed E-state index contributed by atoms with van der Waals surface area (Å²) in [5, 5.41) is 2.21. The molecule has 0 fully saturated rings. The Hall–Kier alpha value is -2.05. The topological polar surface area (TPSA) is 72.2 Å². The van der Waals surface area contributed by atoms with Crippen molar-refractivity contribution in [1.82, 2.24) is 5.32 Å². The number of rotatable bonds is 4. The van der Waals surface area contributed by atoms with Gasteiger partial charge < -0.3 is 11.1 Å². The van der Waals surface area contributed by atoms with Gasteiger partial charge in [-0.25, -0.2) is 13.2 Å². The lowest BCUT2D eigenvalue weighted by atomic mass is 10.2. The molecular weight excluding hydrogens is 237 g/mol. The molecular formula is C10H9F3N2O2. The summed E-state index contributed by atoms with van der Waals surface area (Å²) in [5.74, 6) is -5.99. The molecule has 17 heavy (non-hydrogen) atoms. The minimum atomic E-state index is -1.64. The second-order valence-electron chi connectivity index (χ2n) is 3.23. The molecule has 0 aromatic heterocycles. The van der Waals surface area contributed by atoms with Gasteiger partial charge in [0.25, 0.3) is 5.91 Å². The normalized spacial score (nSPS) is 10.1. The number of nitrogens with one attached hydrogen (secondary N) is 1. The zero-order chi connectivity index (χ0) is 13.0. The van der Waals surface area contributed by atoms with E-state index in [0.717, 1.165) is 0 Å². The van der Waals surface area contributed by atoms with Gasteiger partial charge in [0, 0.05) is 18.5 Å². The number of halogens is 3. The molecule has 2 amide bonds. The van der Waals surface area contributed by atoms with Crippen LogP contribution >= 0.6 is 0 Å². The SMILES string of the molecule is NC(=O)CCNC(=O)c1cc(F)c(F)c(F)c1. The Morgan fingerprint density at radius 2 is 1.71 bits per heavy atom. The number of primary amides is 1. The molecule has 0 atom stereocenters. The molecule has 7 heteroatoms. The second kappa shape index (κ2) is 5.33. The Balaban J connectivity index is 2.73. The molecule has 0 heterocycles. The van der Waals surface area contributed by atoms with Crippen LogP contribution in [0.2, 0.25) is 0 Å². The van der Waals surface area contributed by atoms with E-state index in [0.29, 0.717) is 12.1 Å². The highest BCUT2D eigenvalue weighted by Gasteiger charge is 2.14. The third kappa shape index (κ3) is 3.47. The van der Waals surface area contributed by atoms with Crippen molar-refractivity contribution in [1.29, 1.82) is 0 Å². The lowest BCUT2D eigenvalue weighted by Gasteiger charge is -2.04. The quantitative estimate of drug-likeness (QED) is 0.768. The van der Waals surface area contributed by atoms with Crippen LogP contribution in [0, 0.1) is 17.5 Å². The van der Waals surface area contributed by atoms with Crippen molar-refractivity contribution in [2.45, 2.75) is 6.42 Å². The number of hydrogen-bond acceptors (Lipinski definition) is 2. The van der Waals surface area contributed by atoms with Gasteiger partial charge in [-0.3, -0.25) is 9.59 Å². The van der Waals surface area contributed by atoms with Crippen LogP contribution in [0.4, 0.5) is 13.2 Å². The van der Waals surface area contributed by atoms with E-state index in [-0.39, 0.29) is 18.5 Å². The Labute approximate surface area is 94.6 Å². The van der Waals surface area contributed by atoms with Crippen molar-refractivity contribution in [3.8, 4) is 0 Å². The van der Waals surface area contributed by atoms with Gasteiger partial charge in [-0.2, -0.15) is 0 Å². The molecule has 0 unspecified atom stereocenters. The number of carbonyl (C=O) groups is 2. The van der Waals surface area contributed by atoms with E-state index in [4.69, 9.17) is 5.73 Å². The zero-order valence-corrected chi connectivity index (χ0v) is 8.60. The molecule has 0 spiro atoms. The van der Waals surface area contributed by atoms with Gasteiger partial charge in [-0.05, 0) is 12.1 Å². The standard InChI is InChI=1S/C10H9F3N2O2/c11-6-3-5(4-7(12)9(6)13)10(17)15-2-1-8(14)16/h3-4H,1-2H2,(H2,14,16)(H,15,17). The number of hydrogen-bond donors (Lipinski definition) is 2. The first-order valence-electron chi connectivity index (χ1n) is 4.63. The average molecular weight is 246 g/mol. The summed E-state index contributed by atoms with van der Waals surface area (Å²) in [6.45, 7) is -0.0607. The van der Waals surface area contributed by atoms with E-state index < -0.39 is 29.3 Å². The fraction of sp³-hybridized carbons (Fsp3) is 0.200. The highest BCUT2D eigenvalue weighted by Crippen LogP contribution is 2.13. The van der Waals surface area contributed by atoms with Crippen LogP contribution < -0.4 is 11.1 Å². The predicted octanol–water partition coefficient (Wildman–Crippen LogP) is 0.709. The molecule has 3 N–H and O–H groups in total. The number of nitrogens with two attached hydrogens (primary N) is 1. The molecule has 92 valence electrons. The molecule has 0 bridgehead atoms. The van der Waals surface area contributed by atoms with Crippen LogP contribution in [0.3, 0.4) is 0 Å². The van der Waals surface area contributed by atoms with E-state index in [1.54, 1.807) is 0 Å². The number of benzene rings is 1. The summed E-state index contributed by atoms with van der Waals surface area (Å²) in [6, 6.07) is 1.13. The lowest BCUT2D eigenvalue weighted by molar-refractivity contribution is -0.117. The predicted molar refractivity (Wildman–Crippen MR) is 52.5 cm³/mol. The van der Waals surface area contributed by atoms with Gasteiger partial charge in [-0.1, -0.05) is 0 Å². The third-order valence-corrected chi connectivity index (χ3v) is 1.90. The Morgan fingerprint density at radius 3 is 2.18 bits per heavy atom. The van der Waals surface area contributed by atoms with E-state index in [1.807, 2.05) is 0 Å². The molecule has 0 radical (unpaired) electrons. The first kappa shape index (κ1) is 13.0. The molecule has 1 rings (SSSR count). The van der Waals surface area contributed by atoms with Gasteiger partial charge in [0.15, 0.2) is 17.5 Å². The maximum Gasteiger partial charge on any atom is 0.251 e. The lowest BCUT2D eigenvalue weighted by Crippen LogP contribution is -2.28. The van der Waals surface area contributed by atoms with E-state index >= 15 is 0 Å².